The van der Waals surface area contributed by atoms with Gasteiger partial charge in [-0.25, -0.2) is 0 Å². The predicted octanol–water partition coefficient (Wildman–Crippen LogP) is 8.03. The van der Waals surface area contributed by atoms with Gasteiger partial charge >= 0.3 is 0 Å². The highest BCUT2D eigenvalue weighted by molar-refractivity contribution is 7.98. The summed E-state index contributed by atoms with van der Waals surface area (Å²) < 4.78 is 11.6. The van der Waals surface area contributed by atoms with Crippen LogP contribution < -0.4 is 10.1 Å². The topological polar surface area (TPSA) is 51.5 Å². The summed E-state index contributed by atoms with van der Waals surface area (Å²) in [7, 11) is 1.63. The van der Waals surface area contributed by atoms with E-state index < -0.39 is 0 Å². The lowest BCUT2D eigenvalue weighted by Crippen LogP contribution is -2.09. The van der Waals surface area contributed by atoms with Gasteiger partial charge in [0.25, 0.3) is 0 Å². The van der Waals surface area contributed by atoms with Crippen molar-refractivity contribution in [3.05, 3.63) is 96.8 Å². The molecule has 1 aromatic heterocycles. The summed E-state index contributed by atoms with van der Waals surface area (Å²) >= 11 is 1.60. The fraction of sp³-hybridized carbons (Fsp3) is 0.100. The van der Waals surface area contributed by atoms with Crippen LogP contribution in [0.2, 0.25) is 0 Å². The van der Waals surface area contributed by atoms with Crippen LogP contribution in [0.3, 0.4) is 0 Å². The van der Waals surface area contributed by atoms with Crippen molar-refractivity contribution < 1.29 is 13.9 Å². The van der Waals surface area contributed by atoms with E-state index in [4.69, 9.17) is 9.15 Å². The first-order chi connectivity index (χ1) is 17.1. The number of hydrogen-bond donors (Lipinski definition) is 1. The fourth-order valence-corrected chi connectivity index (χ4v) is 4.95. The number of ether oxygens (including phenoxy) is 1. The van der Waals surface area contributed by atoms with Gasteiger partial charge in [0.05, 0.1) is 19.1 Å². The van der Waals surface area contributed by atoms with Gasteiger partial charge in [-0.15, -0.1) is 11.8 Å². The maximum atomic E-state index is 12.9. The number of benzene rings is 4. The molecule has 0 saturated carbocycles. The maximum absolute atomic E-state index is 12.9. The van der Waals surface area contributed by atoms with Crippen molar-refractivity contribution in [1.82, 2.24) is 0 Å². The quantitative estimate of drug-likeness (QED) is 0.198. The highest BCUT2D eigenvalue weighted by Gasteiger charge is 2.16. The van der Waals surface area contributed by atoms with Crippen LogP contribution in [0, 0.1) is 0 Å². The van der Waals surface area contributed by atoms with Crippen LogP contribution in [0.4, 0.5) is 5.69 Å². The van der Waals surface area contributed by atoms with Crippen molar-refractivity contribution in [3.8, 4) is 16.9 Å². The molecule has 5 heteroatoms. The highest BCUT2D eigenvalue weighted by atomic mass is 32.2. The van der Waals surface area contributed by atoms with Gasteiger partial charge in [0.1, 0.15) is 11.3 Å². The minimum atomic E-state index is -0.187. The van der Waals surface area contributed by atoms with Gasteiger partial charge in [0.15, 0.2) is 0 Å². The van der Waals surface area contributed by atoms with Crippen molar-refractivity contribution >= 4 is 50.7 Å². The third kappa shape index (κ3) is 4.43. The second-order valence-electron chi connectivity index (χ2n) is 8.24. The first-order valence-electron chi connectivity index (χ1n) is 11.3. The average Bonchev–Trinajstić information content (AvgIpc) is 3.30. The van der Waals surface area contributed by atoms with Crippen LogP contribution in [0.15, 0.2) is 101 Å². The lowest BCUT2D eigenvalue weighted by Gasteiger charge is -2.11. The zero-order valence-electron chi connectivity index (χ0n) is 19.8. The fourth-order valence-electron chi connectivity index (χ4n) is 4.39. The van der Waals surface area contributed by atoms with Crippen LogP contribution >= 0.6 is 11.8 Å². The molecule has 4 aromatic carbocycles. The molecular weight excluding hydrogens is 454 g/mol. The van der Waals surface area contributed by atoms with Crippen molar-refractivity contribution in [2.45, 2.75) is 11.8 Å². The van der Waals surface area contributed by atoms with Gasteiger partial charge < -0.3 is 14.5 Å². The highest BCUT2D eigenvalue weighted by Crippen LogP contribution is 2.39. The number of thioether (sulfide) groups is 1. The van der Waals surface area contributed by atoms with Gasteiger partial charge in [-0.2, -0.15) is 0 Å². The number of furan rings is 1. The molecule has 1 heterocycles. The number of methoxy groups -OCH3 is 1. The SMILES string of the molecule is COc1cc2occ(-c3cccc4ccccc34)c2cc1/C(C)=C/C(=O)Nc1ccccc1SC. The number of hydrogen-bond acceptors (Lipinski definition) is 4. The van der Waals surface area contributed by atoms with E-state index in [0.717, 1.165) is 49.2 Å². The van der Waals surface area contributed by atoms with Crippen molar-refractivity contribution in [2.24, 2.45) is 0 Å². The molecule has 0 bridgehead atoms. The summed E-state index contributed by atoms with van der Waals surface area (Å²) in [5, 5.41) is 6.30. The number of fused-ring (bicyclic) bond motifs is 2. The van der Waals surface area contributed by atoms with Crippen LogP contribution in [-0.4, -0.2) is 19.3 Å². The van der Waals surface area contributed by atoms with E-state index in [-0.39, 0.29) is 5.91 Å². The first kappa shape index (κ1) is 22.8. The summed E-state index contributed by atoms with van der Waals surface area (Å²) in [6, 6.07) is 26.3. The summed E-state index contributed by atoms with van der Waals surface area (Å²) in [6.07, 6.45) is 5.39. The Hall–Kier alpha value is -3.96. The van der Waals surface area contributed by atoms with E-state index in [1.807, 2.05) is 61.7 Å². The number of para-hydroxylation sites is 1. The molecule has 174 valence electrons. The molecule has 0 saturated heterocycles. The number of nitrogens with one attached hydrogen (secondary N) is 1. The smallest absolute Gasteiger partial charge is 0.248 e. The van der Waals surface area contributed by atoms with Gasteiger partial charge in [-0.05, 0) is 53.3 Å². The predicted molar refractivity (Wildman–Crippen MR) is 146 cm³/mol. The summed E-state index contributed by atoms with van der Waals surface area (Å²) in [5.41, 5.74) is 5.28. The van der Waals surface area contributed by atoms with Gasteiger partial charge in [0, 0.05) is 33.6 Å². The molecule has 4 nitrogen and oxygen atoms in total. The van der Waals surface area contributed by atoms with E-state index in [0.29, 0.717) is 5.75 Å². The number of anilines is 1. The molecule has 35 heavy (non-hydrogen) atoms. The van der Waals surface area contributed by atoms with E-state index in [1.54, 1.807) is 31.2 Å². The summed E-state index contributed by atoms with van der Waals surface area (Å²) in [4.78, 5) is 13.9. The minimum Gasteiger partial charge on any atom is -0.496 e. The molecular formula is C30H25NO3S. The van der Waals surface area contributed by atoms with Gasteiger partial charge in [-0.1, -0.05) is 54.6 Å². The Morgan fingerprint density at radius 3 is 2.54 bits per heavy atom. The van der Waals surface area contributed by atoms with Crippen LogP contribution in [0.25, 0.3) is 38.4 Å². The van der Waals surface area contributed by atoms with Crippen molar-refractivity contribution in [3.63, 3.8) is 0 Å². The summed E-state index contributed by atoms with van der Waals surface area (Å²) in [6.45, 7) is 1.92. The third-order valence-electron chi connectivity index (χ3n) is 6.11. The minimum absolute atomic E-state index is 0.187. The Morgan fingerprint density at radius 2 is 1.71 bits per heavy atom. The molecule has 5 aromatic rings. The zero-order chi connectivity index (χ0) is 24.4. The van der Waals surface area contributed by atoms with Gasteiger partial charge in [0.2, 0.25) is 5.91 Å². The Bertz CT molecular complexity index is 1580. The molecule has 0 unspecified atom stereocenters. The number of allylic oxidation sites excluding steroid dienone is 1. The average molecular weight is 480 g/mol. The standard InChI is InChI=1S/C30H25NO3S/c1-19(15-30(32)31-26-13-6-7-14-29(26)35-3)23-16-24-25(18-34-28(24)17-27(23)33-2)22-12-8-10-20-9-4-5-11-21(20)22/h4-18H,1-3H3,(H,31,32)/b19-15+. The van der Waals surface area contributed by atoms with E-state index >= 15 is 0 Å². The van der Waals surface area contributed by atoms with Gasteiger partial charge in [-0.3, -0.25) is 4.79 Å². The molecule has 0 atom stereocenters. The monoisotopic (exact) mass is 479 g/mol. The molecule has 0 radical (unpaired) electrons. The van der Waals surface area contributed by atoms with E-state index in [9.17, 15) is 4.79 Å². The molecule has 5 rings (SSSR count). The lowest BCUT2D eigenvalue weighted by atomic mass is 9.96. The number of amides is 1. The second kappa shape index (κ2) is 9.72. The maximum Gasteiger partial charge on any atom is 0.248 e. The Morgan fingerprint density at radius 1 is 0.943 bits per heavy atom. The molecule has 0 spiro atoms. The Balaban J connectivity index is 1.56. The third-order valence-corrected chi connectivity index (χ3v) is 6.91. The molecule has 0 aliphatic rings. The molecule has 0 fully saturated rings. The molecule has 1 amide bonds. The normalized spacial score (nSPS) is 11.7. The van der Waals surface area contributed by atoms with Crippen molar-refractivity contribution in [2.75, 3.05) is 18.7 Å². The van der Waals surface area contributed by atoms with Crippen LogP contribution in [0.1, 0.15) is 12.5 Å². The van der Waals surface area contributed by atoms with Crippen LogP contribution in [-0.2, 0) is 4.79 Å². The lowest BCUT2D eigenvalue weighted by molar-refractivity contribution is -0.111. The first-order valence-corrected chi connectivity index (χ1v) is 12.5. The van der Waals surface area contributed by atoms with Crippen molar-refractivity contribution in [1.29, 1.82) is 0 Å². The molecule has 0 aliphatic heterocycles. The Kier molecular flexibility index (Phi) is 6.34. The largest absolute Gasteiger partial charge is 0.496 e. The van der Waals surface area contributed by atoms with E-state index in [1.165, 1.54) is 5.39 Å². The number of rotatable bonds is 6. The number of carbonyl (C=O) groups is 1. The molecule has 0 aliphatic carbocycles. The summed E-state index contributed by atoms with van der Waals surface area (Å²) in [5.74, 6) is 0.468. The number of carbonyl (C=O) groups excluding carboxylic acids is 1. The zero-order valence-corrected chi connectivity index (χ0v) is 20.6. The molecule has 1 N–H and O–H groups in total. The Labute approximate surface area is 208 Å². The second-order valence-corrected chi connectivity index (χ2v) is 9.09. The van der Waals surface area contributed by atoms with Crippen LogP contribution in [0.5, 0.6) is 5.75 Å². The van der Waals surface area contributed by atoms with E-state index in [2.05, 4.69) is 35.6 Å².